The minimum Gasteiger partial charge on any atom is -0.364 e. The lowest BCUT2D eigenvalue weighted by Crippen LogP contribution is -2.35. The predicted octanol–water partition coefficient (Wildman–Crippen LogP) is 1.41. The van der Waals surface area contributed by atoms with E-state index in [1.165, 1.54) is 12.3 Å². The average Bonchev–Trinajstić information content (AvgIpc) is 2.85. The molecular formula is C12H10FN3O2. The number of amides is 1. The van der Waals surface area contributed by atoms with Crippen molar-refractivity contribution >= 4 is 5.91 Å². The Bertz CT molecular complexity index is 597. The zero-order chi connectivity index (χ0) is 12.5. The number of nitrogens with zero attached hydrogens (tertiary/aromatic N) is 3. The smallest absolute Gasteiger partial charge is 0.255 e. The molecule has 0 atom stereocenters. The molecule has 0 aliphatic carbocycles. The molecule has 5 nitrogen and oxygen atoms in total. The molecule has 0 N–H and O–H groups in total. The van der Waals surface area contributed by atoms with Crippen LogP contribution in [0.3, 0.4) is 0 Å². The third-order valence-electron chi connectivity index (χ3n) is 2.95. The summed E-state index contributed by atoms with van der Waals surface area (Å²) in [4.78, 5) is 17.5. The van der Waals surface area contributed by atoms with Crippen LogP contribution in [0.1, 0.15) is 21.6 Å². The molecule has 0 saturated carbocycles. The predicted molar refractivity (Wildman–Crippen MR) is 59.1 cm³/mol. The van der Waals surface area contributed by atoms with E-state index in [1.807, 2.05) is 0 Å². The van der Waals surface area contributed by atoms with E-state index in [4.69, 9.17) is 4.52 Å². The number of hydrogen-bond acceptors (Lipinski definition) is 4. The van der Waals surface area contributed by atoms with Crippen LogP contribution in [0.25, 0.3) is 0 Å². The van der Waals surface area contributed by atoms with Gasteiger partial charge in [-0.2, -0.15) is 0 Å². The van der Waals surface area contributed by atoms with E-state index in [-0.39, 0.29) is 11.5 Å². The summed E-state index contributed by atoms with van der Waals surface area (Å²) < 4.78 is 17.9. The van der Waals surface area contributed by atoms with E-state index >= 15 is 0 Å². The second-order valence-corrected chi connectivity index (χ2v) is 4.16. The van der Waals surface area contributed by atoms with Crippen molar-refractivity contribution in [3.63, 3.8) is 0 Å². The van der Waals surface area contributed by atoms with Crippen molar-refractivity contribution in [2.24, 2.45) is 0 Å². The standard InChI is InChI=1S/C12H10FN3O2/c13-10-3-8(4-14-5-10)12(17)16-2-1-11-9(6-16)7-18-15-11/h3-5,7H,1-2,6H2. The highest BCUT2D eigenvalue weighted by atomic mass is 19.1. The van der Waals surface area contributed by atoms with Gasteiger partial charge in [-0.25, -0.2) is 4.39 Å². The molecule has 0 fully saturated rings. The van der Waals surface area contributed by atoms with Gasteiger partial charge in [0, 0.05) is 24.7 Å². The number of pyridine rings is 1. The SMILES string of the molecule is O=C(c1cncc(F)c1)N1CCc2nocc2C1. The number of halogens is 1. The monoisotopic (exact) mass is 247 g/mol. The van der Waals surface area contributed by atoms with Gasteiger partial charge in [0.2, 0.25) is 0 Å². The van der Waals surface area contributed by atoms with Crippen molar-refractivity contribution in [2.45, 2.75) is 13.0 Å². The summed E-state index contributed by atoms with van der Waals surface area (Å²) in [5.41, 5.74) is 2.05. The highest BCUT2D eigenvalue weighted by molar-refractivity contribution is 5.94. The molecule has 2 aromatic rings. The largest absolute Gasteiger partial charge is 0.364 e. The Morgan fingerprint density at radius 2 is 2.33 bits per heavy atom. The fourth-order valence-electron chi connectivity index (χ4n) is 2.03. The van der Waals surface area contributed by atoms with Crippen LogP contribution >= 0.6 is 0 Å². The minimum atomic E-state index is -0.511. The Hall–Kier alpha value is -2.24. The Morgan fingerprint density at radius 1 is 1.44 bits per heavy atom. The molecule has 0 spiro atoms. The van der Waals surface area contributed by atoms with Crippen molar-refractivity contribution in [3.05, 3.63) is 47.4 Å². The summed E-state index contributed by atoms with van der Waals surface area (Å²) >= 11 is 0. The molecule has 1 aliphatic heterocycles. The van der Waals surface area contributed by atoms with Crippen LogP contribution in [0, 0.1) is 5.82 Å². The second kappa shape index (κ2) is 4.21. The van der Waals surface area contributed by atoms with Crippen molar-refractivity contribution in [1.29, 1.82) is 0 Å². The van der Waals surface area contributed by atoms with Gasteiger partial charge >= 0.3 is 0 Å². The second-order valence-electron chi connectivity index (χ2n) is 4.16. The number of carbonyl (C=O) groups is 1. The molecule has 1 aliphatic rings. The molecule has 18 heavy (non-hydrogen) atoms. The fraction of sp³-hybridized carbons (Fsp3) is 0.250. The van der Waals surface area contributed by atoms with Crippen molar-refractivity contribution in [2.75, 3.05) is 6.54 Å². The van der Waals surface area contributed by atoms with Gasteiger partial charge in [-0.3, -0.25) is 9.78 Å². The number of fused-ring (bicyclic) bond motifs is 1. The Kier molecular flexibility index (Phi) is 2.55. The molecule has 1 amide bonds. The molecule has 3 heterocycles. The van der Waals surface area contributed by atoms with Gasteiger partial charge in [0.25, 0.3) is 5.91 Å². The van der Waals surface area contributed by atoms with Gasteiger partial charge in [0.1, 0.15) is 12.1 Å². The normalized spacial score (nSPS) is 14.4. The van der Waals surface area contributed by atoms with E-state index in [2.05, 4.69) is 10.1 Å². The van der Waals surface area contributed by atoms with E-state index < -0.39 is 5.82 Å². The average molecular weight is 247 g/mol. The maximum atomic E-state index is 13.0. The van der Waals surface area contributed by atoms with Crippen LogP contribution in [0.5, 0.6) is 0 Å². The van der Waals surface area contributed by atoms with Crippen LogP contribution < -0.4 is 0 Å². The highest BCUT2D eigenvalue weighted by Gasteiger charge is 2.24. The molecule has 0 unspecified atom stereocenters. The maximum absolute atomic E-state index is 13.0. The van der Waals surface area contributed by atoms with Crippen LogP contribution in [0.15, 0.2) is 29.2 Å². The highest BCUT2D eigenvalue weighted by Crippen LogP contribution is 2.19. The summed E-state index contributed by atoms with van der Waals surface area (Å²) in [6, 6.07) is 1.19. The van der Waals surface area contributed by atoms with Gasteiger partial charge in [0.05, 0.1) is 24.0 Å². The topological polar surface area (TPSA) is 59.2 Å². The third kappa shape index (κ3) is 1.85. The molecule has 2 aromatic heterocycles. The number of carbonyl (C=O) groups excluding carboxylic acids is 1. The fourth-order valence-corrected chi connectivity index (χ4v) is 2.03. The maximum Gasteiger partial charge on any atom is 0.255 e. The summed E-state index contributed by atoms with van der Waals surface area (Å²) in [7, 11) is 0. The first kappa shape index (κ1) is 10.9. The summed E-state index contributed by atoms with van der Waals surface area (Å²) in [6.45, 7) is 0.989. The molecule has 6 heteroatoms. The van der Waals surface area contributed by atoms with E-state index in [0.29, 0.717) is 19.5 Å². The minimum absolute atomic E-state index is 0.228. The van der Waals surface area contributed by atoms with Crippen LogP contribution in [0.2, 0.25) is 0 Å². The van der Waals surface area contributed by atoms with Gasteiger partial charge < -0.3 is 9.42 Å². The lowest BCUT2D eigenvalue weighted by atomic mass is 10.1. The molecule has 92 valence electrons. The number of aromatic nitrogens is 2. The third-order valence-corrected chi connectivity index (χ3v) is 2.95. The first-order chi connectivity index (χ1) is 8.74. The molecular weight excluding hydrogens is 237 g/mol. The van der Waals surface area contributed by atoms with Crippen molar-refractivity contribution < 1.29 is 13.7 Å². The number of rotatable bonds is 1. The lowest BCUT2D eigenvalue weighted by molar-refractivity contribution is 0.0733. The lowest BCUT2D eigenvalue weighted by Gasteiger charge is -2.25. The molecule has 3 rings (SSSR count). The summed E-state index contributed by atoms with van der Waals surface area (Å²) in [6.07, 6.45) is 4.64. The van der Waals surface area contributed by atoms with Gasteiger partial charge in [-0.05, 0) is 6.07 Å². The zero-order valence-corrected chi connectivity index (χ0v) is 9.47. The first-order valence-electron chi connectivity index (χ1n) is 5.56. The van der Waals surface area contributed by atoms with Crippen LogP contribution in [-0.4, -0.2) is 27.5 Å². The number of hydrogen-bond donors (Lipinski definition) is 0. The summed E-state index contributed by atoms with van der Waals surface area (Å²) in [5.74, 6) is -0.739. The Morgan fingerprint density at radius 3 is 3.17 bits per heavy atom. The molecule has 0 saturated heterocycles. The van der Waals surface area contributed by atoms with Gasteiger partial charge in [0.15, 0.2) is 0 Å². The van der Waals surface area contributed by atoms with Gasteiger partial charge in [-0.15, -0.1) is 0 Å². The Labute approximate surface area is 102 Å². The van der Waals surface area contributed by atoms with Crippen LogP contribution in [-0.2, 0) is 13.0 Å². The van der Waals surface area contributed by atoms with Gasteiger partial charge in [-0.1, -0.05) is 5.16 Å². The van der Waals surface area contributed by atoms with E-state index in [9.17, 15) is 9.18 Å². The quantitative estimate of drug-likeness (QED) is 0.764. The Balaban J connectivity index is 1.83. The van der Waals surface area contributed by atoms with E-state index in [0.717, 1.165) is 17.5 Å². The molecule has 0 aromatic carbocycles. The van der Waals surface area contributed by atoms with Crippen molar-refractivity contribution in [3.8, 4) is 0 Å². The van der Waals surface area contributed by atoms with E-state index in [1.54, 1.807) is 11.2 Å². The van der Waals surface area contributed by atoms with Crippen LogP contribution in [0.4, 0.5) is 4.39 Å². The first-order valence-corrected chi connectivity index (χ1v) is 5.56. The van der Waals surface area contributed by atoms with Crippen molar-refractivity contribution in [1.82, 2.24) is 15.0 Å². The molecule has 0 radical (unpaired) electrons. The zero-order valence-electron chi connectivity index (χ0n) is 9.47. The summed E-state index contributed by atoms with van der Waals surface area (Å²) in [5, 5.41) is 3.85. The molecule has 0 bridgehead atoms.